The molecule has 1 aliphatic heterocycles. The van der Waals surface area contributed by atoms with Crippen LogP contribution in [0.3, 0.4) is 0 Å². The lowest BCUT2D eigenvalue weighted by atomic mass is 9.94. The maximum absolute atomic E-state index is 13.2. The summed E-state index contributed by atoms with van der Waals surface area (Å²) in [5.74, 6) is -0.204. The number of carbonyl (C=O) groups is 1. The molecule has 3 nitrogen and oxygen atoms in total. The van der Waals surface area contributed by atoms with Gasteiger partial charge < -0.3 is 9.88 Å². The standard InChI is InChI=1S/C20H19FN2O/c21-17-8-6-15(7-9-17)19-3-1-2-12-23(19)20(24)16-5-4-14-10-11-22-18(14)13-16/h4-11,13,19,22H,1-3,12H2. The van der Waals surface area contributed by atoms with Gasteiger partial charge in [0.2, 0.25) is 0 Å². The predicted octanol–water partition coefficient (Wildman–Crippen LogP) is 4.67. The van der Waals surface area contributed by atoms with E-state index in [0.717, 1.165) is 42.3 Å². The van der Waals surface area contributed by atoms with Crippen molar-refractivity contribution in [1.82, 2.24) is 9.88 Å². The highest BCUT2D eigenvalue weighted by Gasteiger charge is 2.28. The van der Waals surface area contributed by atoms with Crippen LogP contribution in [0.5, 0.6) is 0 Å². The Kier molecular flexibility index (Phi) is 3.81. The van der Waals surface area contributed by atoms with Crippen molar-refractivity contribution in [2.24, 2.45) is 0 Å². The normalized spacial score (nSPS) is 18.0. The van der Waals surface area contributed by atoms with Gasteiger partial charge in [-0.15, -0.1) is 0 Å². The topological polar surface area (TPSA) is 36.1 Å². The third-order valence-corrected chi connectivity index (χ3v) is 4.82. The zero-order chi connectivity index (χ0) is 16.5. The third kappa shape index (κ3) is 2.68. The summed E-state index contributed by atoms with van der Waals surface area (Å²) in [5.41, 5.74) is 2.67. The van der Waals surface area contributed by atoms with E-state index in [9.17, 15) is 9.18 Å². The molecular formula is C20H19FN2O. The summed E-state index contributed by atoms with van der Waals surface area (Å²) < 4.78 is 13.2. The number of likely N-dealkylation sites (tertiary alicyclic amines) is 1. The SMILES string of the molecule is O=C(c1ccc2cc[nH]c2c1)N1CCCCC1c1ccc(F)cc1. The highest BCUT2D eigenvalue weighted by Crippen LogP contribution is 2.32. The zero-order valence-electron chi connectivity index (χ0n) is 13.3. The van der Waals surface area contributed by atoms with E-state index in [0.29, 0.717) is 5.56 Å². The Morgan fingerprint density at radius 3 is 2.75 bits per heavy atom. The molecule has 4 heteroatoms. The Morgan fingerprint density at radius 1 is 1.08 bits per heavy atom. The smallest absolute Gasteiger partial charge is 0.254 e. The second kappa shape index (κ2) is 6.11. The monoisotopic (exact) mass is 322 g/mol. The first-order valence-corrected chi connectivity index (χ1v) is 8.36. The number of hydrogen-bond donors (Lipinski definition) is 1. The Bertz CT molecular complexity index is 869. The first kappa shape index (κ1) is 14.9. The minimum absolute atomic E-state index is 0.0196. The van der Waals surface area contributed by atoms with Gasteiger partial charge >= 0.3 is 0 Å². The number of fused-ring (bicyclic) bond motifs is 1. The highest BCUT2D eigenvalue weighted by molar-refractivity contribution is 5.98. The fourth-order valence-electron chi connectivity index (χ4n) is 3.55. The van der Waals surface area contributed by atoms with Crippen LogP contribution in [0.25, 0.3) is 10.9 Å². The van der Waals surface area contributed by atoms with Crippen molar-refractivity contribution in [3.8, 4) is 0 Å². The number of rotatable bonds is 2. The lowest BCUT2D eigenvalue weighted by molar-refractivity contribution is 0.0611. The van der Waals surface area contributed by atoms with Gasteiger partial charge in [-0.05, 0) is 60.5 Å². The van der Waals surface area contributed by atoms with Gasteiger partial charge in [0.1, 0.15) is 5.82 Å². The Labute approximate surface area is 140 Å². The molecule has 122 valence electrons. The third-order valence-electron chi connectivity index (χ3n) is 4.82. The molecule has 1 amide bonds. The van der Waals surface area contributed by atoms with E-state index in [1.165, 1.54) is 12.1 Å². The molecule has 3 aromatic rings. The molecule has 0 saturated carbocycles. The van der Waals surface area contributed by atoms with Gasteiger partial charge in [-0.1, -0.05) is 18.2 Å². The summed E-state index contributed by atoms with van der Waals surface area (Å²) in [7, 11) is 0. The molecule has 1 aromatic heterocycles. The van der Waals surface area contributed by atoms with Crippen LogP contribution >= 0.6 is 0 Å². The fourth-order valence-corrected chi connectivity index (χ4v) is 3.55. The van der Waals surface area contributed by atoms with E-state index in [2.05, 4.69) is 4.98 Å². The van der Waals surface area contributed by atoms with Crippen LogP contribution in [0.15, 0.2) is 54.7 Å². The molecule has 1 unspecified atom stereocenters. The molecule has 4 rings (SSSR count). The number of H-pyrrole nitrogens is 1. The van der Waals surface area contributed by atoms with Gasteiger partial charge in [-0.25, -0.2) is 4.39 Å². The largest absolute Gasteiger partial charge is 0.361 e. The lowest BCUT2D eigenvalue weighted by Gasteiger charge is -2.36. The number of nitrogens with one attached hydrogen (secondary N) is 1. The van der Waals surface area contributed by atoms with Gasteiger partial charge in [0.05, 0.1) is 6.04 Å². The number of piperidine rings is 1. The van der Waals surface area contributed by atoms with Gasteiger partial charge in [0, 0.05) is 23.8 Å². The van der Waals surface area contributed by atoms with E-state index in [1.54, 1.807) is 12.1 Å². The number of halogens is 1. The van der Waals surface area contributed by atoms with Crippen molar-refractivity contribution in [3.05, 3.63) is 71.7 Å². The van der Waals surface area contributed by atoms with Crippen molar-refractivity contribution in [2.45, 2.75) is 25.3 Å². The van der Waals surface area contributed by atoms with Crippen LogP contribution in [0.4, 0.5) is 4.39 Å². The lowest BCUT2D eigenvalue weighted by Crippen LogP contribution is -2.38. The minimum Gasteiger partial charge on any atom is -0.361 e. The van der Waals surface area contributed by atoms with E-state index in [4.69, 9.17) is 0 Å². The number of aromatic nitrogens is 1. The molecule has 1 saturated heterocycles. The molecule has 2 heterocycles. The Balaban J connectivity index is 1.66. The molecule has 2 aromatic carbocycles. The summed E-state index contributed by atoms with van der Waals surface area (Å²) >= 11 is 0. The van der Waals surface area contributed by atoms with Crippen molar-refractivity contribution in [2.75, 3.05) is 6.54 Å². The second-order valence-electron chi connectivity index (χ2n) is 6.34. The number of nitrogens with zero attached hydrogens (tertiary/aromatic N) is 1. The number of hydrogen-bond acceptors (Lipinski definition) is 1. The molecule has 0 bridgehead atoms. The van der Waals surface area contributed by atoms with E-state index in [-0.39, 0.29) is 17.8 Å². The maximum atomic E-state index is 13.2. The quantitative estimate of drug-likeness (QED) is 0.731. The van der Waals surface area contributed by atoms with Crippen LogP contribution in [-0.2, 0) is 0 Å². The first-order chi connectivity index (χ1) is 11.7. The molecule has 0 aliphatic carbocycles. The van der Waals surface area contributed by atoms with Crippen molar-refractivity contribution < 1.29 is 9.18 Å². The van der Waals surface area contributed by atoms with Crippen molar-refractivity contribution in [3.63, 3.8) is 0 Å². The van der Waals surface area contributed by atoms with Gasteiger partial charge in [0.15, 0.2) is 0 Å². The van der Waals surface area contributed by atoms with Crippen molar-refractivity contribution in [1.29, 1.82) is 0 Å². The molecule has 0 radical (unpaired) electrons. The number of aromatic amines is 1. The molecule has 1 fully saturated rings. The van der Waals surface area contributed by atoms with Gasteiger partial charge in [0.25, 0.3) is 5.91 Å². The summed E-state index contributed by atoms with van der Waals surface area (Å²) in [6.07, 6.45) is 4.89. The number of amides is 1. The van der Waals surface area contributed by atoms with E-state index < -0.39 is 0 Å². The molecule has 1 atom stereocenters. The van der Waals surface area contributed by atoms with Crippen LogP contribution in [-0.4, -0.2) is 22.3 Å². The maximum Gasteiger partial charge on any atom is 0.254 e. The highest BCUT2D eigenvalue weighted by atomic mass is 19.1. The Hall–Kier alpha value is -2.62. The number of benzene rings is 2. The molecule has 0 spiro atoms. The summed E-state index contributed by atoms with van der Waals surface area (Å²) in [6.45, 7) is 0.740. The van der Waals surface area contributed by atoms with E-state index in [1.807, 2.05) is 35.4 Å². The Morgan fingerprint density at radius 2 is 1.92 bits per heavy atom. The number of carbonyl (C=O) groups excluding carboxylic acids is 1. The average Bonchev–Trinajstić information content (AvgIpc) is 3.09. The average molecular weight is 322 g/mol. The molecule has 1 N–H and O–H groups in total. The van der Waals surface area contributed by atoms with Gasteiger partial charge in [-0.2, -0.15) is 0 Å². The van der Waals surface area contributed by atoms with Crippen molar-refractivity contribution >= 4 is 16.8 Å². The molecule has 24 heavy (non-hydrogen) atoms. The van der Waals surface area contributed by atoms with Crippen LogP contribution in [0, 0.1) is 5.82 Å². The predicted molar refractivity (Wildman–Crippen MR) is 92.3 cm³/mol. The van der Waals surface area contributed by atoms with Crippen LogP contribution in [0.1, 0.15) is 41.2 Å². The molecule has 1 aliphatic rings. The summed E-state index contributed by atoms with van der Waals surface area (Å²) in [4.78, 5) is 18.1. The summed E-state index contributed by atoms with van der Waals surface area (Å²) in [6, 6.07) is 14.3. The van der Waals surface area contributed by atoms with Crippen LogP contribution < -0.4 is 0 Å². The fraction of sp³-hybridized carbons (Fsp3) is 0.250. The first-order valence-electron chi connectivity index (χ1n) is 8.36. The summed E-state index contributed by atoms with van der Waals surface area (Å²) in [5, 5.41) is 1.10. The van der Waals surface area contributed by atoms with E-state index >= 15 is 0 Å². The molecular weight excluding hydrogens is 303 g/mol. The minimum atomic E-state index is -0.246. The zero-order valence-corrected chi connectivity index (χ0v) is 13.3. The van der Waals surface area contributed by atoms with Crippen LogP contribution in [0.2, 0.25) is 0 Å². The van der Waals surface area contributed by atoms with Gasteiger partial charge in [-0.3, -0.25) is 4.79 Å². The second-order valence-corrected chi connectivity index (χ2v) is 6.34.